The average molecular weight is 605 g/mol. The van der Waals surface area contributed by atoms with Crippen LogP contribution in [0.15, 0.2) is 36.5 Å². The van der Waals surface area contributed by atoms with E-state index in [4.69, 9.17) is 26.9 Å². The van der Waals surface area contributed by atoms with Crippen LogP contribution in [0.5, 0.6) is 5.75 Å². The molecule has 4 rings (SSSR count). The molecule has 2 heterocycles. The topological polar surface area (TPSA) is 132 Å². The maximum absolute atomic E-state index is 14.6. The van der Waals surface area contributed by atoms with Gasteiger partial charge in [0.2, 0.25) is 11.7 Å². The summed E-state index contributed by atoms with van der Waals surface area (Å²) in [6.45, 7) is 2.84. The first-order valence-corrected chi connectivity index (χ1v) is 13.6. The Labute approximate surface area is 246 Å². The number of imidazole rings is 1. The van der Waals surface area contributed by atoms with Gasteiger partial charge in [0, 0.05) is 44.4 Å². The molecule has 0 radical (unpaired) electrons. The summed E-state index contributed by atoms with van der Waals surface area (Å²) in [4.78, 5) is 49.7. The molecule has 1 saturated heterocycles. The van der Waals surface area contributed by atoms with Crippen LogP contribution in [0, 0.1) is 11.6 Å². The van der Waals surface area contributed by atoms with Crippen molar-refractivity contribution in [3.05, 3.63) is 64.6 Å². The lowest BCUT2D eigenvalue weighted by Crippen LogP contribution is -2.43. The Bertz CT molecular complexity index is 1500. The normalized spacial score (nSPS) is 14.6. The second kappa shape index (κ2) is 13.3. The number of rotatable bonds is 10. The maximum atomic E-state index is 14.6. The van der Waals surface area contributed by atoms with E-state index in [0.717, 1.165) is 0 Å². The van der Waals surface area contributed by atoms with E-state index in [1.54, 1.807) is 11.8 Å². The third-order valence-corrected chi connectivity index (χ3v) is 7.18. The molecule has 3 aromatic rings. The fraction of sp³-hybridized carbons (Fsp3) is 0.357. The zero-order valence-electron chi connectivity index (χ0n) is 23.3. The monoisotopic (exact) mass is 604 g/mol. The van der Waals surface area contributed by atoms with Crippen LogP contribution < -0.4 is 15.8 Å². The van der Waals surface area contributed by atoms with Crippen LogP contribution >= 0.6 is 11.6 Å². The lowest BCUT2D eigenvalue weighted by Gasteiger charge is -2.27. The molecular formula is C28H31ClF2N6O5. The molecule has 2 aromatic carbocycles. The van der Waals surface area contributed by atoms with Gasteiger partial charge in [0.15, 0.2) is 17.4 Å². The molecule has 224 valence electrons. The number of hydroxylamine groups is 2. The molecule has 3 amide bonds. The summed E-state index contributed by atoms with van der Waals surface area (Å²) in [6.07, 6.45) is 2.05. The molecule has 3 N–H and O–H groups in total. The number of carbonyl (C=O) groups is 3. The molecule has 42 heavy (non-hydrogen) atoms. The smallest absolute Gasteiger partial charge is 0.291 e. The standard InChI is InChI=1S/C28H31ClF2N6O5/c1-4-23(38)37(42-12-10-32)17-9-11-36(15-17)28(40)18-6-5-16(13-20(18)29)34-27(39)26-33-14-21(35(26)2)19-7-8-22(41-3)25(31)24(19)30/h5-8,13-14,17H,4,9-12,15,32H2,1-3H3,(H,34,39). The Morgan fingerprint density at radius 2 is 1.98 bits per heavy atom. The van der Waals surface area contributed by atoms with Crippen molar-refractivity contribution in [3.8, 4) is 17.0 Å². The van der Waals surface area contributed by atoms with E-state index in [2.05, 4.69) is 10.3 Å². The summed E-state index contributed by atoms with van der Waals surface area (Å²) in [7, 11) is 2.72. The molecular weight excluding hydrogens is 574 g/mol. The summed E-state index contributed by atoms with van der Waals surface area (Å²) in [6, 6.07) is 6.75. The molecule has 1 aliphatic rings. The molecule has 0 aliphatic carbocycles. The minimum Gasteiger partial charge on any atom is -0.494 e. The number of halogens is 3. The van der Waals surface area contributed by atoms with Gasteiger partial charge in [-0.25, -0.2) is 14.4 Å². The predicted octanol–water partition coefficient (Wildman–Crippen LogP) is 3.62. The van der Waals surface area contributed by atoms with E-state index in [9.17, 15) is 23.2 Å². The highest BCUT2D eigenvalue weighted by Gasteiger charge is 2.34. The van der Waals surface area contributed by atoms with Crippen molar-refractivity contribution in [2.75, 3.05) is 38.7 Å². The molecule has 0 bridgehead atoms. The number of anilines is 1. The zero-order chi connectivity index (χ0) is 30.6. The number of nitrogens with zero attached hydrogens (tertiary/aromatic N) is 4. The number of ether oxygens (including phenoxy) is 1. The van der Waals surface area contributed by atoms with Gasteiger partial charge < -0.3 is 25.3 Å². The Kier molecular flexibility index (Phi) is 9.76. The van der Waals surface area contributed by atoms with Gasteiger partial charge in [0.1, 0.15) is 0 Å². The fourth-order valence-corrected chi connectivity index (χ4v) is 4.95. The highest BCUT2D eigenvalue weighted by atomic mass is 35.5. The molecule has 0 spiro atoms. The third kappa shape index (κ3) is 6.22. The van der Waals surface area contributed by atoms with E-state index < -0.39 is 17.5 Å². The van der Waals surface area contributed by atoms with Crippen LogP contribution in [0.3, 0.4) is 0 Å². The van der Waals surface area contributed by atoms with Crippen LogP contribution in [0.1, 0.15) is 40.7 Å². The largest absolute Gasteiger partial charge is 0.494 e. The van der Waals surface area contributed by atoms with Gasteiger partial charge in [0.05, 0.1) is 42.2 Å². The van der Waals surface area contributed by atoms with Crippen molar-refractivity contribution in [3.63, 3.8) is 0 Å². The van der Waals surface area contributed by atoms with Gasteiger partial charge in [-0.05, 0) is 36.8 Å². The number of nitrogens with one attached hydrogen (secondary N) is 1. The third-order valence-electron chi connectivity index (χ3n) is 6.87. The lowest BCUT2D eigenvalue weighted by molar-refractivity contribution is -0.197. The van der Waals surface area contributed by atoms with Crippen molar-refractivity contribution in [2.45, 2.75) is 25.8 Å². The SMILES string of the molecule is CCC(=O)N(OCCN)C1CCN(C(=O)c2ccc(NC(=O)c3ncc(-c4ccc(OC)c(F)c4F)n3C)cc2Cl)C1. The van der Waals surface area contributed by atoms with Gasteiger partial charge >= 0.3 is 0 Å². The number of hydrogen-bond donors (Lipinski definition) is 2. The van der Waals surface area contributed by atoms with Crippen molar-refractivity contribution in [2.24, 2.45) is 12.8 Å². The van der Waals surface area contributed by atoms with E-state index in [1.807, 2.05) is 0 Å². The molecule has 1 unspecified atom stereocenters. The number of carbonyl (C=O) groups excluding carboxylic acids is 3. The molecule has 1 fully saturated rings. The van der Waals surface area contributed by atoms with Gasteiger partial charge in [-0.2, -0.15) is 4.39 Å². The minimum absolute atomic E-state index is 0.0666. The van der Waals surface area contributed by atoms with Crippen LogP contribution in [-0.4, -0.2) is 76.6 Å². The van der Waals surface area contributed by atoms with Gasteiger partial charge in [0.25, 0.3) is 11.8 Å². The van der Waals surface area contributed by atoms with Gasteiger partial charge in [-0.15, -0.1) is 0 Å². The number of hydrogen-bond acceptors (Lipinski definition) is 7. The molecule has 1 aliphatic heterocycles. The fourth-order valence-electron chi connectivity index (χ4n) is 4.69. The molecule has 1 aromatic heterocycles. The first kappa shape index (κ1) is 30.9. The summed E-state index contributed by atoms with van der Waals surface area (Å²) in [5, 5.41) is 4.07. The number of aromatic nitrogens is 2. The van der Waals surface area contributed by atoms with Crippen LogP contribution in [-0.2, 0) is 16.7 Å². The molecule has 1 atom stereocenters. The second-order valence-corrected chi connectivity index (χ2v) is 9.91. The zero-order valence-corrected chi connectivity index (χ0v) is 24.1. The number of nitrogens with two attached hydrogens (primary N) is 1. The summed E-state index contributed by atoms with van der Waals surface area (Å²) in [5.41, 5.74) is 6.11. The van der Waals surface area contributed by atoms with Crippen LogP contribution in [0.2, 0.25) is 5.02 Å². The summed E-state index contributed by atoms with van der Waals surface area (Å²) >= 11 is 6.43. The Balaban J connectivity index is 1.45. The predicted molar refractivity (Wildman–Crippen MR) is 151 cm³/mol. The van der Waals surface area contributed by atoms with E-state index in [-0.39, 0.29) is 77.4 Å². The van der Waals surface area contributed by atoms with Crippen molar-refractivity contribution < 1.29 is 32.7 Å². The number of amides is 3. The first-order valence-electron chi connectivity index (χ1n) is 13.2. The van der Waals surface area contributed by atoms with Crippen molar-refractivity contribution in [1.82, 2.24) is 19.5 Å². The lowest BCUT2D eigenvalue weighted by atomic mass is 10.1. The minimum atomic E-state index is -1.15. The molecule has 0 saturated carbocycles. The second-order valence-electron chi connectivity index (χ2n) is 9.51. The van der Waals surface area contributed by atoms with E-state index >= 15 is 0 Å². The number of likely N-dealkylation sites (tertiary alicyclic amines) is 1. The van der Waals surface area contributed by atoms with E-state index in [1.165, 1.54) is 60.3 Å². The van der Waals surface area contributed by atoms with Crippen molar-refractivity contribution in [1.29, 1.82) is 0 Å². The van der Waals surface area contributed by atoms with Crippen LogP contribution in [0.25, 0.3) is 11.3 Å². The Hall–Kier alpha value is -4.07. The van der Waals surface area contributed by atoms with E-state index in [0.29, 0.717) is 18.7 Å². The molecule has 14 heteroatoms. The van der Waals surface area contributed by atoms with Crippen LogP contribution in [0.4, 0.5) is 14.5 Å². The summed E-state index contributed by atoms with van der Waals surface area (Å²) < 4.78 is 35.0. The highest BCUT2D eigenvalue weighted by molar-refractivity contribution is 6.34. The summed E-state index contributed by atoms with van der Waals surface area (Å²) in [5.74, 6) is -3.75. The highest BCUT2D eigenvalue weighted by Crippen LogP contribution is 2.30. The van der Waals surface area contributed by atoms with Gasteiger partial charge in [-0.1, -0.05) is 18.5 Å². The number of methoxy groups -OCH3 is 1. The maximum Gasteiger partial charge on any atom is 0.291 e. The Morgan fingerprint density at radius 1 is 1.21 bits per heavy atom. The molecule has 11 nitrogen and oxygen atoms in total. The quantitative estimate of drug-likeness (QED) is 0.338. The number of benzene rings is 2. The van der Waals surface area contributed by atoms with Crippen molar-refractivity contribution >= 4 is 35.0 Å². The first-order chi connectivity index (χ1) is 20.1. The Morgan fingerprint density at radius 3 is 2.64 bits per heavy atom. The van der Waals surface area contributed by atoms with Gasteiger partial charge in [-0.3, -0.25) is 19.2 Å². The average Bonchev–Trinajstić information content (AvgIpc) is 3.61.